The Balaban J connectivity index is 1.10. The van der Waals surface area contributed by atoms with E-state index in [0.29, 0.717) is 0 Å². The third kappa shape index (κ3) is 4.54. The second kappa shape index (κ2) is 11.8. The largest absolute Gasteiger partial charge is 0.454 e. The highest BCUT2D eigenvalue weighted by Gasteiger charge is 2.29. The zero-order valence-corrected chi connectivity index (χ0v) is 30.3. The van der Waals surface area contributed by atoms with E-state index in [1.807, 2.05) is 0 Å². The fourth-order valence-corrected chi connectivity index (χ4v) is 9.97. The quantitative estimate of drug-likeness (QED) is 0.197. The van der Waals surface area contributed by atoms with E-state index in [0.717, 1.165) is 61.2 Å². The van der Waals surface area contributed by atoms with Gasteiger partial charge in [-0.2, -0.15) is 0 Å². The molecule has 1 unspecified atom stereocenters. The molecule has 0 fully saturated rings. The van der Waals surface area contributed by atoms with Crippen LogP contribution < -0.4 is 5.32 Å². The van der Waals surface area contributed by atoms with Crippen LogP contribution in [0, 0.1) is 0 Å². The van der Waals surface area contributed by atoms with Crippen LogP contribution in [0.4, 0.5) is 5.69 Å². The number of thiophene rings is 1. The number of anilines is 1. The molecule has 0 bridgehead atoms. The third-order valence-electron chi connectivity index (χ3n) is 11.2. The van der Waals surface area contributed by atoms with E-state index in [4.69, 9.17) is 9.41 Å². The Morgan fingerprint density at radius 1 is 0.545 bits per heavy atom. The second-order valence-corrected chi connectivity index (χ2v) is 15.3. The molecule has 0 aliphatic carbocycles. The first kappa shape index (κ1) is 30.5. The van der Waals surface area contributed by atoms with E-state index < -0.39 is 0 Å². The zero-order valence-electron chi connectivity index (χ0n) is 29.5. The van der Waals surface area contributed by atoms with E-state index in [1.165, 1.54) is 47.6 Å². The highest BCUT2D eigenvalue weighted by molar-refractivity contribution is 7.22. The molecule has 11 aromatic rings. The summed E-state index contributed by atoms with van der Waals surface area (Å²) >= 11 is 1.80. The van der Waals surface area contributed by atoms with Crippen molar-refractivity contribution in [1.82, 2.24) is 4.57 Å². The number of nitrogens with one attached hydrogen (secondary N) is 1. The third-order valence-corrected chi connectivity index (χ3v) is 12.4. The normalized spacial score (nSPS) is 14.3. The van der Waals surface area contributed by atoms with Crippen molar-refractivity contribution in [3.8, 4) is 16.8 Å². The van der Waals surface area contributed by atoms with Crippen molar-refractivity contribution in [3.63, 3.8) is 0 Å². The minimum atomic E-state index is -0.315. The summed E-state index contributed by atoms with van der Waals surface area (Å²) in [7, 11) is 0. The van der Waals surface area contributed by atoms with Gasteiger partial charge in [0.25, 0.3) is 0 Å². The summed E-state index contributed by atoms with van der Waals surface area (Å²) < 4.78 is 10.6. The summed E-state index contributed by atoms with van der Waals surface area (Å²) in [5.41, 5.74) is 11.8. The first-order chi connectivity index (χ1) is 27.3. The van der Waals surface area contributed by atoms with Gasteiger partial charge in [0.05, 0.1) is 33.0 Å². The van der Waals surface area contributed by atoms with E-state index in [2.05, 4.69) is 186 Å². The van der Waals surface area contributed by atoms with E-state index in [9.17, 15) is 0 Å². The minimum absolute atomic E-state index is 0.315. The molecule has 258 valence electrons. The Bertz CT molecular complexity index is 3350. The second-order valence-electron chi connectivity index (χ2n) is 14.3. The first-order valence-corrected chi connectivity index (χ1v) is 19.5. The van der Waals surface area contributed by atoms with Crippen LogP contribution in [0.5, 0.6) is 0 Å². The topological polar surface area (TPSA) is 42.5 Å². The number of hydrogen-bond donors (Lipinski definition) is 1. The van der Waals surface area contributed by atoms with Gasteiger partial charge in [-0.15, -0.1) is 11.3 Å². The molecule has 1 atom stereocenters. The standard InChI is InChI=1S/C50H31N3OS/c1-3-13-30(14-4-1)33-26-27-39-38(29-33)44-34-18-8-7-15-31(34)25-28-40(44)53(39)41-22-11-20-36-45-37(21-12-23-42(45)54-48(36)41)50-51-46(32-16-5-2-6-17-32)49-47(52-50)35-19-9-10-24-43(35)55-49/h1-29,50,52H. The molecule has 0 saturated heterocycles. The summed E-state index contributed by atoms with van der Waals surface area (Å²) in [5, 5.41) is 12.2. The molecule has 3 aromatic heterocycles. The number of para-hydroxylation sites is 1. The van der Waals surface area contributed by atoms with E-state index in [1.54, 1.807) is 11.3 Å². The van der Waals surface area contributed by atoms with Crippen LogP contribution in [0.25, 0.3) is 81.4 Å². The predicted molar refractivity (Wildman–Crippen MR) is 231 cm³/mol. The molecule has 0 radical (unpaired) electrons. The van der Waals surface area contributed by atoms with Crippen LogP contribution in [0.1, 0.15) is 22.2 Å². The molecule has 1 aliphatic heterocycles. The number of aliphatic imine (C=N–C) groups is 1. The lowest BCUT2D eigenvalue weighted by Gasteiger charge is -2.25. The molecule has 4 heterocycles. The molecule has 0 saturated carbocycles. The van der Waals surface area contributed by atoms with Crippen LogP contribution in [0.15, 0.2) is 185 Å². The Morgan fingerprint density at radius 2 is 1.27 bits per heavy atom. The maximum absolute atomic E-state index is 6.96. The zero-order chi connectivity index (χ0) is 36.0. The number of hydrogen-bond acceptors (Lipinski definition) is 4. The van der Waals surface area contributed by atoms with Crippen LogP contribution in [-0.4, -0.2) is 10.3 Å². The molecule has 0 spiro atoms. The predicted octanol–water partition coefficient (Wildman–Crippen LogP) is 13.7. The monoisotopic (exact) mass is 721 g/mol. The first-order valence-electron chi connectivity index (χ1n) is 18.7. The minimum Gasteiger partial charge on any atom is -0.454 e. The van der Waals surface area contributed by atoms with Crippen molar-refractivity contribution in [3.05, 3.63) is 192 Å². The summed E-state index contributed by atoms with van der Waals surface area (Å²) in [6.45, 7) is 0. The van der Waals surface area contributed by atoms with Gasteiger partial charge in [0.1, 0.15) is 11.7 Å². The van der Waals surface area contributed by atoms with Gasteiger partial charge in [-0.3, -0.25) is 4.99 Å². The van der Waals surface area contributed by atoms with Crippen molar-refractivity contribution >= 4 is 87.3 Å². The number of rotatable bonds is 4. The number of aromatic nitrogens is 1. The summed E-state index contributed by atoms with van der Waals surface area (Å²) in [5.74, 6) is 0. The lowest BCUT2D eigenvalue weighted by Crippen LogP contribution is -2.19. The average molecular weight is 722 g/mol. The molecule has 12 rings (SSSR count). The van der Waals surface area contributed by atoms with E-state index in [-0.39, 0.29) is 6.17 Å². The number of benzene rings is 8. The average Bonchev–Trinajstić information content (AvgIpc) is 3.93. The molecule has 1 N–H and O–H groups in total. The van der Waals surface area contributed by atoms with Gasteiger partial charge in [0.15, 0.2) is 5.58 Å². The van der Waals surface area contributed by atoms with Crippen LogP contribution in [-0.2, 0) is 0 Å². The maximum Gasteiger partial charge on any atom is 0.159 e. The highest BCUT2D eigenvalue weighted by Crippen LogP contribution is 2.46. The molecule has 55 heavy (non-hydrogen) atoms. The van der Waals surface area contributed by atoms with Crippen molar-refractivity contribution in [2.24, 2.45) is 4.99 Å². The fraction of sp³-hybridized carbons (Fsp3) is 0.0200. The Labute approximate surface area is 320 Å². The van der Waals surface area contributed by atoms with Gasteiger partial charge in [0, 0.05) is 42.8 Å². The number of furan rings is 1. The molecule has 8 aromatic carbocycles. The van der Waals surface area contributed by atoms with Gasteiger partial charge in [-0.1, -0.05) is 140 Å². The Hall–Kier alpha value is -6.95. The van der Waals surface area contributed by atoms with Crippen molar-refractivity contribution in [1.29, 1.82) is 0 Å². The molecule has 0 amide bonds. The fourth-order valence-electron chi connectivity index (χ4n) is 8.79. The molecular weight excluding hydrogens is 691 g/mol. The van der Waals surface area contributed by atoms with Gasteiger partial charge < -0.3 is 14.3 Å². The summed E-state index contributed by atoms with van der Waals surface area (Å²) in [4.78, 5) is 6.65. The molecule has 1 aliphatic rings. The summed E-state index contributed by atoms with van der Waals surface area (Å²) in [6, 6.07) is 62.8. The smallest absolute Gasteiger partial charge is 0.159 e. The lowest BCUT2D eigenvalue weighted by atomic mass is 10.00. The SMILES string of the molecule is c1ccc(C2=NC(c3cccc4oc5c(-n6c7ccc(-c8ccccc8)cc7c7c8ccccc8ccc76)cccc5c34)Nc3c2sc2ccccc32)cc1. The van der Waals surface area contributed by atoms with E-state index >= 15 is 0 Å². The Kier molecular flexibility index (Phi) is 6.53. The summed E-state index contributed by atoms with van der Waals surface area (Å²) in [6.07, 6.45) is -0.315. The van der Waals surface area contributed by atoms with Gasteiger partial charge in [-0.25, -0.2) is 0 Å². The lowest BCUT2D eigenvalue weighted by molar-refractivity contribution is 0.665. The molecule has 5 heteroatoms. The van der Waals surface area contributed by atoms with Crippen molar-refractivity contribution in [2.75, 3.05) is 5.32 Å². The van der Waals surface area contributed by atoms with Crippen LogP contribution in [0.2, 0.25) is 0 Å². The number of fused-ring (bicyclic) bond motifs is 11. The molecular formula is C50H31N3OS. The van der Waals surface area contributed by atoms with Crippen molar-refractivity contribution in [2.45, 2.75) is 6.17 Å². The maximum atomic E-state index is 6.96. The van der Waals surface area contributed by atoms with Crippen LogP contribution in [0.3, 0.4) is 0 Å². The van der Waals surface area contributed by atoms with Crippen LogP contribution >= 0.6 is 11.3 Å². The van der Waals surface area contributed by atoms with Gasteiger partial charge in [0.2, 0.25) is 0 Å². The Morgan fingerprint density at radius 3 is 2.15 bits per heavy atom. The van der Waals surface area contributed by atoms with Gasteiger partial charge >= 0.3 is 0 Å². The molecule has 4 nitrogen and oxygen atoms in total. The highest BCUT2D eigenvalue weighted by atomic mass is 32.1. The van der Waals surface area contributed by atoms with Gasteiger partial charge in [-0.05, 0) is 58.3 Å². The number of nitrogens with zero attached hydrogens (tertiary/aromatic N) is 2. The van der Waals surface area contributed by atoms with Crippen molar-refractivity contribution < 1.29 is 4.42 Å².